The van der Waals surface area contributed by atoms with Gasteiger partial charge in [-0.05, 0) is 25.8 Å². The third-order valence-electron chi connectivity index (χ3n) is 7.38. The van der Waals surface area contributed by atoms with Crippen LogP contribution in [0.1, 0.15) is 44.1 Å². The van der Waals surface area contributed by atoms with Crippen molar-refractivity contribution in [1.82, 2.24) is 10.6 Å². The molecule has 2 fully saturated rings. The van der Waals surface area contributed by atoms with Gasteiger partial charge in [0.25, 0.3) is 0 Å². The lowest BCUT2D eigenvalue weighted by molar-refractivity contribution is -0.349. The van der Waals surface area contributed by atoms with Gasteiger partial charge in [0.1, 0.15) is 42.8 Å². The normalized spacial score (nSPS) is 26.8. The second kappa shape index (κ2) is 15.8. The zero-order valence-corrected chi connectivity index (χ0v) is 24.6. The number of carboxylic acid groups (broad SMARTS) is 1. The Hall–Kier alpha value is -3.72. The monoisotopic (exact) mass is 613 g/mol. The topological polar surface area (TPSA) is 185 Å². The number of fused-ring (bicyclic) bond motifs is 1. The van der Waals surface area contributed by atoms with E-state index < -0.39 is 72.9 Å². The minimum atomic E-state index is -1.28. The number of carbonyl (C=O) groups is 4. The van der Waals surface area contributed by atoms with E-state index in [1.165, 1.54) is 13.8 Å². The molecular formula is C31H39N3O10. The number of carbonyl (C=O) groups excluding carboxylic acids is 3. The van der Waals surface area contributed by atoms with E-state index in [2.05, 4.69) is 10.6 Å². The van der Waals surface area contributed by atoms with Crippen LogP contribution in [0.5, 0.6) is 0 Å². The van der Waals surface area contributed by atoms with Gasteiger partial charge in [0.15, 0.2) is 12.6 Å². The van der Waals surface area contributed by atoms with Gasteiger partial charge >= 0.3 is 5.97 Å². The van der Waals surface area contributed by atoms with Crippen molar-refractivity contribution < 1.29 is 48.0 Å². The number of nitrogens with two attached hydrogens (primary N) is 1. The number of nitrogens with one attached hydrogen (secondary N) is 2. The van der Waals surface area contributed by atoms with E-state index in [4.69, 9.17) is 29.4 Å². The van der Waals surface area contributed by atoms with Crippen LogP contribution < -0.4 is 16.4 Å². The van der Waals surface area contributed by atoms with Crippen LogP contribution in [0.15, 0.2) is 60.7 Å². The predicted molar refractivity (Wildman–Crippen MR) is 155 cm³/mol. The summed E-state index contributed by atoms with van der Waals surface area (Å²) in [4.78, 5) is 47.8. The fourth-order valence-corrected chi connectivity index (χ4v) is 4.93. The molecule has 5 N–H and O–H groups in total. The van der Waals surface area contributed by atoms with Crippen LogP contribution in [0.25, 0.3) is 0 Å². The molecule has 44 heavy (non-hydrogen) atoms. The fourth-order valence-electron chi connectivity index (χ4n) is 4.93. The Kier molecular flexibility index (Phi) is 11.9. The van der Waals surface area contributed by atoms with Crippen LogP contribution in [-0.2, 0) is 49.5 Å². The Morgan fingerprint density at radius 2 is 1.70 bits per heavy atom. The summed E-state index contributed by atoms with van der Waals surface area (Å²) < 4.78 is 30.6. The van der Waals surface area contributed by atoms with Gasteiger partial charge < -0.3 is 50.0 Å². The molecular weight excluding hydrogens is 574 g/mol. The third kappa shape index (κ3) is 8.68. The molecule has 0 aliphatic carbocycles. The summed E-state index contributed by atoms with van der Waals surface area (Å²) in [5.74, 6) is -2.64. The average Bonchev–Trinajstić information content (AvgIpc) is 3.03. The molecule has 2 aromatic carbocycles. The van der Waals surface area contributed by atoms with E-state index in [0.29, 0.717) is 6.29 Å². The Labute approximate surface area is 255 Å². The van der Waals surface area contributed by atoms with Gasteiger partial charge in [-0.15, -0.1) is 0 Å². The summed E-state index contributed by atoms with van der Waals surface area (Å²) in [5.41, 5.74) is 8.33. The minimum absolute atomic E-state index is 0.0370. The van der Waals surface area contributed by atoms with Gasteiger partial charge in [0.05, 0.1) is 19.3 Å². The predicted octanol–water partition coefficient (Wildman–Crippen LogP) is 1.20. The molecule has 2 heterocycles. The van der Waals surface area contributed by atoms with Gasteiger partial charge in [-0.2, -0.15) is 0 Å². The van der Waals surface area contributed by atoms with E-state index in [9.17, 15) is 24.3 Å². The maximum absolute atomic E-state index is 13.1. The first-order valence-electron chi connectivity index (χ1n) is 14.5. The fraction of sp³-hybridized carbons (Fsp3) is 0.484. The third-order valence-corrected chi connectivity index (χ3v) is 7.38. The summed E-state index contributed by atoms with van der Waals surface area (Å²) in [6.07, 6.45) is -4.45. The van der Waals surface area contributed by atoms with Crippen molar-refractivity contribution in [2.24, 2.45) is 5.73 Å². The lowest BCUT2D eigenvalue weighted by Crippen LogP contribution is -2.66. The highest BCUT2D eigenvalue weighted by atomic mass is 16.7. The van der Waals surface area contributed by atoms with Gasteiger partial charge in [-0.3, -0.25) is 9.59 Å². The molecule has 13 heteroatoms. The van der Waals surface area contributed by atoms with Gasteiger partial charge in [0.2, 0.25) is 11.8 Å². The first-order chi connectivity index (χ1) is 21.2. The number of hydrogen-bond donors (Lipinski definition) is 4. The van der Waals surface area contributed by atoms with Crippen molar-refractivity contribution in [2.75, 3.05) is 6.61 Å². The largest absolute Gasteiger partial charge is 0.480 e. The molecule has 2 aliphatic rings. The number of hydrogen-bond acceptors (Lipinski definition) is 10. The van der Waals surface area contributed by atoms with E-state index in [1.807, 2.05) is 60.7 Å². The molecule has 9 atom stereocenters. The smallest absolute Gasteiger partial charge is 0.326 e. The van der Waals surface area contributed by atoms with E-state index in [-0.39, 0.29) is 26.1 Å². The zero-order chi connectivity index (χ0) is 31.6. The van der Waals surface area contributed by atoms with Gasteiger partial charge in [-0.1, -0.05) is 60.7 Å². The maximum atomic E-state index is 13.1. The van der Waals surface area contributed by atoms with Crippen molar-refractivity contribution in [1.29, 1.82) is 0 Å². The van der Waals surface area contributed by atoms with Crippen molar-refractivity contribution in [3.05, 3.63) is 71.8 Å². The summed E-state index contributed by atoms with van der Waals surface area (Å²) in [7, 11) is 0. The maximum Gasteiger partial charge on any atom is 0.326 e. The molecule has 4 rings (SSSR count). The van der Waals surface area contributed by atoms with Crippen molar-refractivity contribution in [3.63, 3.8) is 0 Å². The Morgan fingerprint density at radius 1 is 1.02 bits per heavy atom. The Bertz CT molecular complexity index is 1250. The molecule has 0 saturated carbocycles. The number of aldehydes is 1. The molecule has 238 valence electrons. The number of amides is 2. The number of aliphatic carboxylic acids is 1. The van der Waals surface area contributed by atoms with Crippen molar-refractivity contribution in [2.45, 2.75) is 88.4 Å². The van der Waals surface area contributed by atoms with Gasteiger partial charge in [0, 0.05) is 12.0 Å². The SMILES string of the molecule is C[C@H](NC(=O)[C@@H](C)O[C@@H]1[C@@H](N)[C@@H](OCc2ccccc2)O[C@@H]2CO[C@@H](c3ccccc3)O[C@@H]12)C(=O)NC(CCC=O)C(=O)O. The molecule has 0 radical (unpaired) electrons. The van der Waals surface area contributed by atoms with E-state index in [0.717, 1.165) is 11.1 Å². The minimum Gasteiger partial charge on any atom is -0.480 e. The summed E-state index contributed by atoms with van der Waals surface area (Å²) in [6.45, 7) is 3.31. The Morgan fingerprint density at radius 3 is 2.36 bits per heavy atom. The second-order valence-corrected chi connectivity index (χ2v) is 10.7. The number of carboxylic acids is 1. The number of ether oxygens (including phenoxy) is 5. The van der Waals surface area contributed by atoms with Crippen LogP contribution in [0.3, 0.4) is 0 Å². The lowest BCUT2D eigenvalue weighted by atomic mass is 9.95. The van der Waals surface area contributed by atoms with Crippen LogP contribution in [-0.4, -0.2) is 84.6 Å². The second-order valence-electron chi connectivity index (χ2n) is 10.7. The average molecular weight is 614 g/mol. The van der Waals surface area contributed by atoms with Crippen LogP contribution in [0.2, 0.25) is 0 Å². The highest BCUT2D eigenvalue weighted by Crippen LogP contribution is 2.35. The standard InChI is InChI=1S/C31H39N3O10/c1-18(27(36)34-22(29(38)39)14-9-15-35)33-28(37)19(2)42-26-24(32)31(40-16-20-10-5-3-6-11-20)43-23-17-41-30(44-25(23)26)21-12-7-4-8-13-21/h3-8,10-13,15,18-19,22-26,30-31H,9,14,16-17,32H2,1-2H3,(H,33,37)(H,34,36)(H,38,39)/t18-,19+,22?,23+,24+,25+,26+,30+,31-/m0/s1. The number of benzene rings is 2. The first kappa shape index (κ1) is 33.2. The summed E-state index contributed by atoms with van der Waals surface area (Å²) in [5, 5.41) is 14.2. The quantitative estimate of drug-likeness (QED) is 0.224. The van der Waals surface area contributed by atoms with Crippen molar-refractivity contribution >= 4 is 24.1 Å². The molecule has 2 aromatic rings. The van der Waals surface area contributed by atoms with Gasteiger partial charge in [-0.25, -0.2) is 4.79 Å². The van der Waals surface area contributed by atoms with Crippen LogP contribution >= 0.6 is 0 Å². The molecule has 0 bridgehead atoms. The summed E-state index contributed by atoms with van der Waals surface area (Å²) in [6, 6.07) is 15.6. The summed E-state index contributed by atoms with van der Waals surface area (Å²) >= 11 is 0. The van der Waals surface area contributed by atoms with Crippen LogP contribution in [0.4, 0.5) is 0 Å². The van der Waals surface area contributed by atoms with Crippen molar-refractivity contribution in [3.8, 4) is 0 Å². The lowest BCUT2D eigenvalue weighted by Gasteiger charge is -2.48. The molecule has 0 aromatic heterocycles. The highest BCUT2D eigenvalue weighted by Gasteiger charge is 2.50. The molecule has 1 unspecified atom stereocenters. The van der Waals surface area contributed by atoms with Crippen LogP contribution in [0, 0.1) is 0 Å². The molecule has 13 nitrogen and oxygen atoms in total. The Balaban J connectivity index is 1.44. The molecule has 2 amide bonds. The van der Waals surface area contributed by atoms with E-state index in [1.54, 1.807) is 0 Å². The zero-order valence-electron chi connectivity index (χ0n) is 24.6. The molecule has 2 saturated heterocycles. The first-order valence-corrected chi connectivity index (χ1v) is 14.5. The van der Waals surface area contributed by atoms with E-state index >= 15 is 0 Å². The number of rotatable bonds is 14. The molecule has 2 aliphatic heterocycles. The molecule has 0 spiro atoms. The highest BCUT2D eigenvalue weighted by molar-refractivity contribution is 5.91.